The Balaban J connectivity index is 2.55. The van der Waals surface area contributed by atoms with Gasteiger partial charge in [-0.2, -0.15) is 0 Å². The molecule has 2 heteroatoms. The maximum absolute atomic E-state index is 5.00. The zero-order valence-corrected chi connectivity index (χ0v) is 8.34. The highest BCUT2D eigenvalue weighted by atomic mass is 16.3. The molecule has 0 unspecified atom stereocenters. The molecule has 0 radical (unpaired) electrons. The first-order valence-electron chi connectivity index (χ1n) is 4.79. The highest BCUT2D eigenvalue weighted by molar-refractivity contribution is 5.51. The van der Waals surface area contributed by atoms with Gasteiger partial charge in [0.15, 0.2) is 0 Å². The molecule has 0 aliphatic carbocycles. The van der Waals surface area contributed by atoms with Gasteiger partial charge in [-0.1, -0.05) is 25.5 Å². The van der Waals surface area contributed by atoms with Crippen LogP contribution < -0.4 is 5.32 Å². The Hall–Kier alpha value is -1.02. The molecule has 0 aliphatic heterocycles. The van der Waals surface area contributed by atoms with Gasteiger partial charge in [0.05, 0.1) is 12.5 Å². The summed E-state index contributed by atoms with van der Waals surface area (Å²) < 4.78 is 5.00. The van der Waals surface area contributed by atoms with Gasteiger partial charge in [0, 0.05) is 12.1 Å². The standard InChI is InChI=1S/C11H17NO/c1-3-10(8-12-4-2)7-11-5-6-13-9-11/h5-7,9,12H,3-4,8H2,1-2H3. The molecule has 0 saturated heterocycles. The lowest BCUT2D eigenvalue weighted by molar-refractivity contribution is 0.566. The van der Waals surface area contributed by atoms with Crippen molar-refractivity contribution in [2.24, 2.45) is 0 Å². The zero-order valence-electron chi connectivity index (χ0n) is 8.34. The second kappa shape index (κ2) is 5.60. The molecule has 0 saturated carbocycles. The van der Waals surface area contributed by atoms with Crippen LogP contribution in [0, 0.1) is 0 Å². The third-order valence-corrected chi connectivity index (χ3v) is 1.97. The minimum atomic E-state index is 0.970. The minimum Gasteiger partial charge on any atom is -0.472 e. The van der Waals surface area contributed by atoms with Crippen LogP contribution in [-0.4, -0.2) is 13.1 Å². The summed E-state index contributed by atoms with van der Waals surface area (Å²) in [4.78, 5) is 0. The van der Waals surface area contributed by atoms with Crippen LogP contribution in [0.2, 0.25) is 0 Å². The minimum absolute atomic E-state index is 0.970. The number of furan rings is 1. The number of hydrogen-bond acceptors (Lipinski definition) is 2. The molecule has 0 aromatic carbocycles. The van der Waals surface area contributed by atoms with Crippen LogP contribution in [0.5, 0.6) is 0 Å². The average Bonchev–Trinajstić information content (AvgIpc) is 2.64. The van der Waals surface area contributed by atoms with Crippen molar-refractivity contribution in [1.82, 2.24) is 5.32 Å². The van der Waals surface area contributed by atoms with E-state index in [2.05, 4.69) is 25.2 Å². The smallest absolute Gasteiger partial charge is 0.0974 e. The van der Waals surface area contributed by atoms with Crippen molar-refractivity contribution in [1.29, 1.82) is 0 Å². The van der Waals surface area contributed by atoms with E-state index < -0.39 is 0 Å². The van der Waals surface area contributed by atoms with E-state index in [0.29, 0.717) is 0 Å². The molecular weight excluding hydrogens is 162 g/mol. The first-order valence-corrected chi connectivity index (χ1v) is 4.79. The van der Waals surface area contributed by atoms with Crippen LogP contribution in [0.3, 0.4) is 0 Å². The van der Waals surface area contributed by atoms with Gasteiger partial charge in [-0.15, -0.1) is 0 Å². The Morgan fingerprint density at radius 1 is 1.54 bits per heavy atom. The van der Waals surface area contributed by atoms with E-state index in [-0.39, 0.29) is 0 Å². The molecule has 0 atom stereocenters. The molecular formula is C11H17NO. The second-order valence-corrected chi connectivity index (χ2v) is 2.99. The maximum atomic E-state index is 5.00. The molecule has 13 heavy (non-hydrogen) atoms. The first kappa shape index (κ1) is 10.1. The highest BCUT2D eigenvalue weighted by Crippen LogP contribution is 2.09. The number of likely N-dealkylation sites (N-methyl/N-ethyl adjacent to an activating group) is 1. The highest BCUT2D eigenvalue weighted by Gasteiger charge is 1.94. The molecule has 0 bridgehead atoms. The third kappa shape index (κ3) is 3.47. The van der Waals surface area contributed by atoms with Crippen molar-refractivity contribution in [2.45, 2.75) is 20.3 Å². The van der Waals surface area contributed by atoms with Crippen LogP contribution in [0.4, 0.5) is 0 Å². The summed E-state index contributed by atoms with van der Waals surface area (Å²) in [5.74, 6) is 0. The van der Waals surface area contributed by atoms with Gasteiger partial charge in [0.1, 0.15) is 0 Å². The van der Waals surface area contributed by atoms with E-state index in [0.717, 1.165) is 25.1 Å². The predicted molar refractivity (Wildman–Crippen MR) is 55.5 cm³/mol. The maximum Gasteiger partial charge on any atom is 0.0974 e. The summed E-state index contributed by atoms with van der Waals surface area (Å²) in [6.07, 6.45) is 6.72. The molecule has 1 aromatic heterocycles. The Bertz CT molecular complexity index is 249. The van der Waals surface area contributed by atoms with Gasteiger partial charge >= 0.3 is 0 Å². The van der Waals surface area contributed by atoms with E-state index in [1.54, 1.807) is 12.5 Å². The van der Waals surface area contributed by atoms with Gasteiger partial charge in [-0.05, 0) is 19.0 Å². The van der Waals surface area contributed by atoms with E-state index in [9.17, 15) is 0 Å². The zero-order chi connectivity index (χ0) is 9.52. The quantitative estimate of drug-likeness (QED) is 0.751. The molecule has 0 amide bonds. The van der Waals surface area contributed by atoms with Crippen molar-refractivity contribution < 1.29 is 4.42 Å². The topological polar surface area (TPSA) is 25.2 Å². The average molecular weight is 179 g/mol. The number of rotatable bonds is 5. The summed E-state index contributed by atoms with van der Waals surface area (Å²) in [5.41, 5.74) is 2.55. The van der Waals surface area contributed by atoms with Gasteiger partial charge in [0.25, 0.3) is 0 Å². The van der Waals surface area contributed by atoms with Crippen molar-refractivity contribution in [3.63, 3.8) is 0 Å². The fraction of sp³-hybridized carbons (Fsp3) is 0.455. The summed E-state index contributed by atoms with van der Waals surface area (Å²) in [7, 11) is 0. The van der Waals surface area contributed by atoms with Crippen molar-refractivity contribution in [3.05, 3.63) is 29.7 Å². The Morgan fingerprint density at radius 2 is 2.38 bits per heavy atom. The van der Waals surface area contributed by atoms with E-state index >= 15 is 0 Å². The molecule has 0 spiro atoms. The SMILES string of the molecule is CCNCC(=Cc1ccoc1)CC. The molecule has 1 rings (SSSR count). The van der Waals surface area contributed by atoms with Crippen LogP contribution in [0.1, 0.15) is 25.8 Å². The summed E-state index contributed by atoms with van der Waals surface area (Å²) in [5, 5.41) is 3.31. The molecule has 0 fully saturated rings. The molecule has 0 aliphatic rings. The van der Waals surface area contributed by atoms with Crippen molar-refractivity contribution >= 4 is 6.08 Å². The monoisotopic (exact) mass is 179 g/mol. The predicted octanol–water partition coefficient (Wildman–Crippen LogP) is 2.68. The molecule has 2 nitrogen and oxygen atoms in total. The molecule has 1 heterocycles. The molecule has 1 aromatic rings. The first-order chi connectivity index (χ1) is 6.36. The molecule has 1 N–H and O–H groups in total. The van der Waals surface area contributed by atoms with E-state index in [1.165, 1.54) is 5.57 Å². The summed E-state index contributed by atoms with van der Waals surface area (Å²) >= 11 is 0. The van der Waals surface area contributed by atoms with Crippen molar-refractivity contribution in [3.8, 4) is 0 Å². The molecule has 72 valence electrons. The van der Waals surface area contributed by atoms with Gasteiger partial charge in [-0.25, -0.2) is 0 Å². The summed E-state index contributed by atoms with van der Waals surface area (Å²) in [6.45, 7) is 6.27. The Labute approximate surface area is 79.6 Å². The third-order valence-electron chi connectivity index (χ3n) is 1.97. The van der Waals surface area contributed by atoms with E-state index in [4.69, 9.17) is 4.42 Å². The normalized spacial score (nSPS) is 12.0. The fourth-order valence-electron chi connectivity index (χ4n) is 1.16. The Morgan fingerprint density at radius 3 is 2.92 bits per heavy atom. The lowest BCUT2D eigenvalue weighted by Crippen LogP contribution is -2.15. The number of nitrogens with one attached hydrogen (secondary N) is 1. The summed E-state index contributed by atoms with van der Waals surface area (Å²) in [6, 6.07) is 1.97. The van der Waals surface area contributed by atoms with Gasteiger partial charge in [-0.3, -0.25) is 0 Å². The Kier molecular flexibility index (Phi) is 4.33. The lowest BCUT2D eigenvalue weighted by Gasteiger charge is -2.03. The lowest BCUT2D eigenvalue weighted by atomic mass is 10.1. The fourth-order valence-corrected chi connectivity index (χ4v) is 1.16. The van der Waals surface area contributed by atoms with Crippen LogP contribution in [0.15, 0.2) is 28.6 Å². The van der Waals surface area contributed by atoms with Crippen LogP contribution >= 0.6 is 0 Å². The van der Waals surface area contributed by atoms with Gasteiger partial charge in [0.2, 0.25) is 0 Å². The van der Waals surface area contributed by atoms with Gasteiger partial charge < -0.3 is 9.73 Å². The van der Waals surface area contributed by atoms with Crippen LogP contribution in [-0.2, 0) is 0 Å². The van der Waals surface area contributed by atoms with Crippen LogP contribution in [0.25, 0.3) is 6.08 Å². The second-order valence-electron chi connectivity index (χ2n) is 2.99. The largest absolute Gasteiger partial charge is 0.472 e. The number of hydrogen-bond donors (Lipinski definition) is 1. The van der Waals surface area contributed by atoms with E-state index in [1.807, 2.05) is 6.07 Å². The van der Waals surface area contributed by atoms with Crippen molar-refractivity contribution in [2.75, 3.05) is 13.1 Å².